The molecule has 0 aliphatic heterocycles. The van der Waals surface area contributed by atoms with Crippen LogP contribution in [0.3, 0.4) is 0 Å². The number of sulfonamides is 1. The van der Waals surface area contributed by atoms with Gasteiger partial charge in [0.15, 0.2) is 0 Å². The molecule has 0 saturated heterocycles. The van der Waals surface area contributed by atoms with Gasteiger partial charge in [-0.3, -0.25) is 10.1 Å². The molecule has 1 atom stereocenters. The maximum atomic E-state index is 13.1. The van der Waals surface area contributed by atoms with Crippen LogP contribution in [0, 0.1) is 17.0 Å². The zero-order valence-corrected chi connectivity index (χ0v) is 20.1. The van der Waals surface area contributed by atoms with Gasteiger partial charge >= 0.3 is 5.97 Å². The minimum Gasteiger partial charge on any atom is -0.423 e. The van der Waals surface area contributed by atoms with Gasteiger partial charge in [-0.1, -0.05) is 66.7 Å². The Balaban J connectivity index is 1.65. The Hall–Kier alpha value is -4.34. The summed E-state index contributed by atoms with van der Waals surface area (Å²) < 4.78 is 34.2. The number of fused-ring (bicyclic) bond motifs is 1. The van der Waals surface area contributed by atoms with Crippen LogP contribution in [0.25, 0.3) is 10.8 Å². The van der Waals surface area contributed by atoms with E-state index in [0.29, 0.717) is 0 Å². The van der Waals surface area contributed by atoms with Crippen LogP contribution in [0.5, 0.6) is 5.75 Å². The molecule has 0 aliphatic carbocycles. The smallest absolute Gasteiger partial charge is 0.340 e. The third kappa shape index (κ3) is 5.48. The fraction of sp³-hybridized carbons (Fsp3) is 0.0741. The molecule has 0 amide bonds. The van der Waals surface area contributed by atoms with Crippen molar-refractivity contribution in [2.45, 2.75) is 17.9 Å². The maximum Gasteiger partial charge on any atom is 0.340 e. The van der Waals surface area contributed by atoms with E-state index >= 15 is 0 Å². The third-order valence-corrected chi connectivity index (χ3v) is 7.02. The molecule has 4 rings (SSSR count). The van der Waals surface area contributed by atoms with Crippen LogP contribution in [0.1, 0.15) is 17.2 Å². The first-order valence-electron chi connectivity index (χ1n) is 10.9. The molecule has 0 saturated carbocycles. The molecule has 4 aromatic rings. The number of rotatable bonds is 8. The quantitative estimate of drug-likeness (QED) is 0.116. The summed E-state index contributed by atoms with van der Waals surface area (Å²) >= 11 is 0. The summed E-state index contributed by atoms with van der Waals surface area (Å²) in [6.45, 7) is 5.63. The number of ether oxygens (including phenoxy) is 1. The molecule has 0 heterocycles. The molecule has 1 N–H and O–H groups in total. The monoisotopic (exact) mass is 502 g/mol. The van der Waals surface area contributed by atoms with Crippen molar-refractivity contribution in [1.29, 1.82) is 0 Å². The van der Waals surface area contributed by atoms with Gasteiger partial charge < -0.3 is 4.74 Å². The van der Waals surface area contributed by atoms with Crippen LogP contribution in [0.15, 0.2) is 108 Å². The van der Waals surface area contributed by atoms with Crippen LogP contribution in [0.2, 0.25) is 0 Å². The number of esters is 1. The first kappa shape index (κ1) is 24.8. The number of nitrogens with one attached hydrogen (secondary N) is 1. The Labute approximate surface area is 208 Å². The van der Waals surface area contributed by atoms with Crippen molar-refractivity contribution in [2.75, 3.05) is 0 Å². The second-order valence-corrected chi connectivity index (χ2v) is 9.85. The zero-order valence-electron chi connectivity index (χ0n) is 19.2. The van der Waals surface area contributed by atoms with Crippen molar-refractivity contribution < 1.29 is 22.9 Å². The summed E-state index contributed by atoms with van der Waals surface area (Å²) in [5.74, 6) is -0.580. The largest absolute Gasteiger partial charge is 0.423 e. The highest BCUT2D eigenvalue weighted by atomic mass is 32.2. The standard InChI is InChI=1S/C27H22N2O6S/c1-18-7-15-25(16-8-18)36(33,34)28-26(21-9-12-23(13-10-21)29(31)32)19(2)27(30)35-24-14-11-20-5-3-4-6-22(20)17-24/h3-17,26,28H,2H2,1H3/t26-/m1/s1. The number of carbonyl (C=O) groups excluding carboxylic acids is 1. The van der Waals surface area contributed by atoms with E-state index in [1.807, 2.05) is 31.2 Å². The number of non-ortho nitro benzene ring substituents is 1. The van der Waals surface area contributed by atoms with Gasteiger partial charge in [0, 0.05) is 12.1 Å². The van der Waals surface area contributed by atoms with Gasteiger partial charge in [0.05, 0.1) is 21.4 Å². The third-order valence-electron chi connectivity index (χ3n) is 5.58. The van der Waals surface area contributed by atoms with Crippen LogP contribution in [0.4, 0.5) is 5.69 Å². The molecule has 0 aromatic heterocycles. The number of nitro benzene ring substituents is 1. The van der Waals surface area contributed by atoms with Gasteiger partial charge in [-0.05, 0) is 47.5 Å². The molecule has 36 heavy (non-hydrogen) atoms. The molecule has 4 aromatic carbocycles. The number of carbonyl (C=O) groups is 1. The fourth-order valence-electron chi connectivity index (χ4n) is 3.59. The lowest BCUT2D eigenvalue weighted by Gasteiger charge is -2.21. The second-order valence-electron chi connectivity index (χ2n) is 8.14. The van der Waals surface area contributed by atoms with Gasteiger partial charge in [0.2, 0.25) is 10.0 Å². The highest BCUT2D eigenvalue weighted by Crippen LogP contribution is 2.28. The van der Waals surface area contributed by atoms with Crippen molar-refractivity contribution in [3.63, 3.8) is 0 Å². The first-order chi connectivity index (χ1) is 17.1. The summed E-state index contributed by atoms with van der Waals surface area (Å²) in [5, 5.41) is 12.9. The molecular formula is C27H22N2O6S. The predicted octanol–water partition coefficient (Wildman–Crippen LogP) is 5.24. The molecule has 0 spiro atoms. The number of hydrogen-bond acceptors (Lipinski definition) is 6. The van der Waals surface area contributed by atoms with Crippen molar-refractivity contribution in [2.24, 2.45) is 0 Å². The average Bonchev–Trinajstić information content (AvgIpc) is 2.87. The van der Waals surface area contributed by atoms with E-state index < -0.39 is 27.0 Å². The minimum atomic E-state index is -4.08. The van der Waals surface area contributed by atoms with E-state index in [9.17, 15) is 23.3 Å². The fourth-order valence-corrected chi connectivity index (χ4v) is 4.81. The van der Waals surface area contributed by atoms with Gasteiger partial charge in [0.1, 0.15) is 5.75 Å². The predicted molar refractivity (Wildman–Crippen MR) is 136 cm³/mol. The lowest BCUT2D eigenvalue weighted by Crippen LogP contribution is -2.33. The topological polar surface area (TPSA) is 116 Å². The molecule has 8 nitrogen and oxygen atoms in total. The molecule has 0 bridgehead atoms. The molecular weight excluding hydrogens is 480 g/mol. The van der Waals surface area contributed by atoms with E-state index in [4.69, 9.17) is 4.74 Å². The molecule has 182 valence electrons. The van der Waals surface area contributed by atoms with Crippen LogP contribution < -0.4 is 9.46 Å². The van der Waals surface area contributed by atoms with Gasteiger partial charge in [0.25, 0.3) is 5.69 Å². The van der Waals surface area contributed by atoms with E-state index in [-0.39, 0.29) is 27.5 Å². The minimum absolute atomic E-state index is 0.00397. The van der Waals surface area contributed by atoms with Crippen molar-refractivity contribution in [1.82, 2.24) is 4.72 Å². The Bertz CT molecular complexity index is 1560. The normalized spacial score (nSPS) is 12.1. The molecule has 0 radical (unpaired) electrons. The number of nitro groups is 1. The lowest BCUT2D eigenvalue weighted by molar-refractivity contribution is -0.384. The Kier molecular flexibility index (Phi) is 6.96. The number of benzene rings is 4. The van der Waals surface area contributed by atoms with Crippen LogP contribution in [-0.2, 0) is 14.8 Å². The van der Waals surface area contributed by atoms with Crippen molar-refractivity contribution in [3.8, 4) is 5.75 Å². The van der Waals surface area contributed by atoms with Gasteiger partial charge in [-0.15, -0.1) is 0 Å². The molecule has 0 aliphatic rings. The van der Waals surface area contributed by atoms with Gasteiger partial charge in [-0.25, -0.2) is 13.2 Å². The highest BCUT2D eigenvalue weighted by Gasteiger charge is 2.28. The second kappa shape index (κ2) is 10.1. The van der Waals surface area contributed by atoms with Crippen LogP contribution in [-0.4, -0.2) is 19.3 Å². The molecule has 0 unspecified atom stereocenters. The number of nitrogens with zero attached hydrogens (tertiary/aromatic N) is 1. The van der Waals surface area contributed by atoms with E-state index in [1.54, 1.807) is 30.3 Å². The first-order valence-corrected chi connectivity index (χ1v) is 12.4. The number of hydrogen-bond donors (Lipinski definition) is 1. The molecule has 0 fully saturated rings. The average molecular weight is 503 g/mol. The molecule has 9 heteroatoms. The highest BCUT2D eigenvalue weighted by molar-refractivity contribution is 7.89. The summed E-state index contributed by atoms with van der Waals surface area (Å²) in [7, 11) is -4.08. The van der Waals surface area contributed by atoms with Crippen molar-refractivity contribution >= 4 is 32.5 Å². The lowest BCUT2D eigenvalue weighted by atomic mass is 10.0. The summed E-state index contributed by atoms with van der Waals surface area (Å²) in [6.07, 6.45) is 0. The summed E-state index contributed by atoms with van der Waals surface area (Å²) in [5.41, 5.74) is 0.803. The van der Waals surface area contributed by atoms with E-state index in [2.05, 4.69) is 11.3 Å². The zero-order chi connectivity index (χ0) is 25.9. The van der Waals surface area contributed by atoms with E-state index in [1.165, 1.54) is 36.4 Å². The summed E-state index contributed by atoms with van der Waals surface area (Å²) in [4.78, 5) is 23.5. The van der Waals surface area contributed by atoms with Crippen molar-refractivity contribution in [3.05, 3.63) is 124 Å². The summed E-state index contributed by atoms with van der Waals surface area (Å²) in [6, 6.07) is 22.8. The van der Waals surface area contributed by atoms with Gasteiger partial charge in [-0.2, -0.15) is 4.72 Å². The SMILES string of the molecule is C=C(C(=O)Oc1ccc2ccccc2c1)[C@@H](NS(=O)(=O)c1ccc(C)cc1)c1ccc([N+](=O)[O-])cc1. The number of aryl methyl sites for hydroxylation is 1. The van der Waals surface area contributed by atoms with E-state index in [0.717, 1.165) is 16.3 Å². The Morgan fingerprint density at radius 3 is 2.22 bits per heavy atom. The van der Waals surface area contributed by atoms with Crippen LogP contribution >= 0.6 is 0 Å². The Morgan fingerprint density at radius 1 is 0.944 bits per heavy atom. The maximum absolute atomic E-state index is 13.1. The Morgan fingerprint density at radius 2 is 1.58 bits per heavy atom.